The second-order valence-corrected chi connectivity index (χ2v) is 9.02. The molecule has 0 bridgehead atoms. The van der Waals surface area contributed by atoms with Crippen molar-refractivity contribution in [3.63, 3.8) is 0 Å². The summed E-state index contributed by atoms with van der Waals surface area (Å²) in [6.45, 7) is 4.01. The van der Waals surface area contributed by atoms with Crippen LogP contribution in [0.4, 0.5) is 0 Å². The van der Waals surface area contributed by atoms with Crippen LogP contribution in [0.15, 0.2) is 63.6 Å². The summed E-state index contributed by atoms with van der Waals surface area (Å²) in [5.74, 6) is 0.978. The van der Waals surface area contributed by atoms with Crippen molar-refractivity contribution in [2.75, 3.05) is 26.2 Å². The standard InChI is InChI=1S/C27H29N3O5/c1-17(28)34-27(29)26-14-22-23(3-2-4-24(22)35-26)33-16-21(31)15-30-10-7-18(8-11-30)20-6-5-19-9-12-32-25(19)13-20/h2-6,9,12-14,18,21,28-29,31H,7-8,10-11,15-16H2,1H3/t21-/m0/s1. The Morgan fingerprint density at radius 1 is 1.11 bits per heavy atom. The largest absolute Gasteiger partial charge is 0.490 e. The normalized spacial score (nSPS) is 15.9. The highest BCUT2D eigenvalue weighted by atomic mass is 16.5. The molecule has 1 fully saturated rings. The molecule has 0 saturated carbocycles. The Balaban J connectivity index is 1.14. The van der Waals surface area contributed by atoms with Crippen LogP contribution in [0.5, 0.6) is 5.75 Å². The first kappa shape index (κ1) is 23.1. The molecule has 4 aromatic rings. The Labute approximate surface area is 203 Å². The SMILES string of the molecule is CC(=N)OC(=N)c1cc2c(OC[C@@H](O)CN3CCC(c4ccc5ccoc5c4)CC3)cccc2o1. The lowest BCUT2D eigenvalue weighted by molar-refractivity contribution is 0.0599. The lowest BCUT2D eigenvalue weighted by atomic mass is 9.89. The fourth-order valence-corrected chi connectivity index (χ4v) is 4.69. The van der Waals surface area contributed by atoms with E-state index < -0.39 is 6.10 Å². The zero-order valence-corrected chi connectivity index (χ0v) is 19.6. The predicted molar refractivity (Wildman–Crippen MR) is 134 cm³/mol. The van der Waals surface area contributed by atoms with Crippen LogP contribution in [-0.4, -0.2) is 54.1 Å². The van der Waals surface area contributed by atoms with Gasteiger partial charge >= 0.3 is 0 Å². The number of ether oxygens (including phenoxy) is 2. The number of piperidine rings is 1. The molecular weight excluding hydrogens is 446 g/mol. The molecule has 0 spiro atoms. The van der Waals surface area contributed by atoms with Gasteiger partial charge < -0.3 is 28.3 Å². The van der Waals surface area contributed by atoms with Gasteiger partial charge in [0.15, 0.2) is 11.7 Å². The van der Waals surface area contributed by atoms with E-state index in [-0.39, 0.29) is 24.2 Å². The third kappa shape index (κ3) is 5.23. The number of nitrogens with zero attached hydrogens (tertiary/aromatic N) is 1. The molecule has 8 heteroatoms. The van der Waals surface area contributed by atoms with Crippen LogP contribution >= 0.6 is 0 Å². The second kappa shape index (κ2) is 9.93. The number of furan rings is 2. The van der Waals surface area contributed by atoms with Crippen molar-refractivity contribution in [1.29, 1.82) is 10.8 Å². The zero-order valence-electron chi connectivity index (χ0n) is 19.6. The summed E-state index contributed by atoms with van der Waals surface area (Å²) in [4.78, 5) is 2.28. The van der Waals surface area contributed by atoms with E-state index in [0.717, 1.165) is 36.9 Å². The molecule has 3 N–H and O–H groups in total. The fraction of sp³-hybridized carbons (Fsp3) is 0.333. The number of aliphatic hydroxyl groups is 1. The van der Waals surface area contributed by atoms with Gasteiger partial charge in [-0.25, -0.2) is 0 Å². The Morgan fingerprint density at radius 2 is 1.94 bits per heavy atom. The number of aliphatic hydroxyl groups excluding tert-OH is 1. The van der Waals surface area contributed by atoms with Crippen molar-refractivity contribution in [2.24, 2.45) is 0 Å². The van der Waals surface area contributed by atoms with Crippen molar-refractivity contribution >= 4 is 33.7 Å². The van der Waals surface area contributed by atoms with E-state index in [0.29, 0.717) is 29.2 Å². The minimum absolute atomic E-state index is 0.0855. The van der Waals surface area contributed by atoms with Gasteiger partial charge in [-0.15, -0.1) is 0 Å². The number of likely N-dealkylation sites (tertiary alicyclic amines) is 1. The maximum absolute atomic E-state index is 10.6. The molecule has 35 heavy (non-hydrogen) atoms. The van der Waals surface area contributed by atoms with Gasteiger partial charge in [0.05, 0.1) is 11.6 Å². The summed E-state index contributed by atoms with van der Waals surface area (Å²) in [6.07, 6.45) is 3.18. The summed E-state index contributed by atoms with van der Waals surface area (Å²) >= 11 is 0. The van der Waals surface area contributed by atoms with Crippen molar-refractivity contribution in [2.45, 2.75) is 31.8 Å². The first-order valence-electron chi connectivity index (χ1n) is 11.8. The van der Waals surface area contributed by atoms with E-state index in [1.165, 1.54) is 12.5 Å². The summed E-state index contributed by atoms with van der Waals surface area (Å²) in [5.41, 5.74) is 2.81. The van der Waals surface area contributed by atoms with Crippen molar-refractivity contribution in [3.8, 4) is 5.75 Å². The van der Waals surface area contributed by atoms with E-state index in [1.807, 2.05) is 12.1 Å². The maximum Gasteiger partial charge on any atom is 0.256 e. The van der Waals surface area contributed by atoms with Crippen LogP contribution in [0, 0.1) is 10.8 Å². The Bertz CT molecular complexity index is 1350. The first-order valence-corrected chi connectivity index (χ1v) is 11.8. The molecule has 0 radical (unpaired) electrons. The van der Waals surface area contributed by atoms with Crippen LogP contribution in [0.3, 0.4) is 0 Å². The maximum atomic E-state index is 10.6. The third-order valence-electron chi connectivity index (χ3n) is 6.44. The average molecular weight is 476 g/mol. The lowest BCUT2D eigenvalue weighted by Crippen LogP contribution is -2.40. The van der Waals surface area contributed by atoms with Gasteiger partial charge in [0.2, 0.25) is 0 Å². The number of rotatable bonds is 7. The lowest BCUT2D eigenvalue weighted by Gasteiger charge is -2.33. The molecule has 0 amide bonds. The molecule has 1 aliphatic heterocycles. The van der Waals surface area contributed by atoms with Crippen molar-refractivity contribution < 1.29 is 23.4 Å². The highest BCUT2D eigenvalue weighted by molar-refractivity contribution is 6.00. The molecule has 1 saturated heterocycles. The number of nitrogens with one attached hydrogen (secondary N) is 2. The number of β-amino-alcohol motifs (C(OH)–C–C–N with tert-alkyl or cyclic N) is 1. The van der Waals surface area contributed by atoms with Crippen LogP contribution < -0.4 is 4.74 Å². The minimum atomic E-state index is -0.630. The fourth-order valence-electron chi connectivity index (χ4n) is 4.69. The Kier molecular flexibility index (Phi) is 6.57. The van der Waals surface area contributed by atoms with Gasteiger partial charge in [0.1, 0.15) is 29.6 Å². The van der Waals surface area contributed by atoms with E-state index in [9.17, 15) is 5.11 Å². The summed E-state index contributed by atoms with van der Waals surface area (Å²) in [5, 5.41) is 27.8. The topological polar surface area (TPSA) is 116 Å². The van der Waals surface area contributed by atoms with Gasteiger partial charge in [-0.1, -0.05) is 18.2 Å². The molecule has 8 nitrogen and oxygen atoms in total. The summed E-state index contributed by atoms with van der Waals surface area (Å²) in [6, 6.07) is 15.5. The van der Waals surface area contributed by atoms with Gasteiger partial charge in [-0.3, -0.25) is 10.8 Å². The van der Waals surface area contributed by atoms with Crippen LogP contribution in [-0.2, 0) is 4.74 Å². The van der Waals surface area contributed by atoms with E-state index in [1.54, 1.807) is 24.5 Å². The molecule has 182 valence electrons. The minimum Gasteiger partial charge on any atom is -0.490 e. The third-order valence-corrected chi connectivity index (χ3v) is 6.44. The molecule has 2 aromatic heterocycles. The Morgan fingerprint density at radius 3 is 2.74 bits per heavy atom. The predicted octanol–water partition coefficient (Wildman–Crippen LogP) is 5.14. The van der Waals surface area contributed by atoms with Gasteiger partial charge in [0, 0.05) is 24.9 Å². The molecule has 0 unspecified atom stereocenters. The van der Waals surface area contributed by atoms with Crippen molar-refractivity contribution in [1.82, 2.24) is 4.90 Å². The van der Waals surface area contributed by atoms with E-state index in [4.69, 9.17) is 29.1 Å². The average Bonchev–Trinajstić information content (AvgIpc) is 3.49. The van der Waals surface area contributed by atoms with Gasteiger partial charge in [0.25, 0.3) is 5.90 Å². The Hall–Kier alpha value is -3.62. The summed E-state index contributed by atoms with van der Waals surface area (Å²) in [7, 11) is 0. The smallest absolute Gasteiger partial charge is 0.256 e. The number of benzene rings is 2. The van der Waals surface area contributed by atoms with Crippen molar-refractivity contribution in [3.05, 3.63) is 66.1 Å². The van der Waals surface area contributed by atoms with Gasteiger partial charge in [-0.05, 0) is 61.7 Å². The molecule has 1 aliphatic rings. The monoisotopic (exact) mass is 475 g/mol. The summed E-state index contributed by atoms with van der Waals surface area (Å²) < 4.78 is 22.2. The first-order chi connectivity index (χ1) is 17.0. The molecule has 1 atom stereocenters. The molecule has 0 aliphatic carbocycles. The number of fused-ring (bicyclic) bond motifs is 2. The zero-order chi connectivity index (χ0) is 24.4. The second-order valence-electron chi connectivity index (χ2n) is 9.02. The van der Waals surface area contributed by atoms with E-state index >= 15 is 0 Å². The highest BCUT2D eigenvalue weighted by Crippen LogP contribution is 2.31. The van der Waals surface area contributed by atoms with Crippen LogP contribution in [0.2, 0.25) is 0 Å². The molecular formula is C27H29N3O5. The molecule has 3 heterocycles. The molecule has 2 aromatic carbocycles. The number of hydrogen-bond donors (Lipinski definition) is 3. The van der Waals surface area contributed by atoms with Gasteiger partial charge in [-0.2, -0.15) is 0 Å². The van der Waals surface area contributed by atoms with Crippen LogP contribution in [0.1, 0.15) is 37.0 Å². The van der Waals surface area contributed by atoms with E-state index in [2.05, 4.69) is 23.1 Å². The van der Waals surface area contributed by atoms with Crippen LogP contribution in [0.25, 0.3) is 21.9 Å². The molecule has 5 rings (SSSR count). The quantitative estimate of drug-likeness (QED) is 0.252. The highest BCUT2D eigenvalue weighted by Gasteiger charge is 2.23. The number of hydrogen-bond acceptors (Lipinski definition) is 8.